The van der Waals surface area contributed by atoms with Crippen molar-refractivity contribution in [2.24, 2.45) is 0 Å². The summed E-state index contributed by atoms with van der Waals surface area (Å²) in [4.78, 5) is 4.21. The van der Waals surface area contributed by atoms with Gasteiger partial charge in [-0.25, -0.2) is 9.50 Å². The van der Waals surface area contributed by atoms with Gasteiger partial charge in [0.15, 0.2) is 5.65 Å². The fourth-order valence-corrected chi connectivity index (χ4v) is 2.45. The van der Waals surface area contributed by atoms with E-state index < -0.39 is 0 Å². The van der Waals surface area contributed by atoms with Gasteiger partial charge in [-0.3, -0.25) is 0 Å². The van der Waals surface area contributed by atoms with Crippen LogP contribution in [0.3, 0.4) is 0 Å². The number of nitrogens with zero attached hydrogens (tertiary/aromatic N) is 5. The van der Waals surface area contributed by atoms with E-state index in [1.54, 1.807) is 12.5 Å². The molecule has 0 saturated heterocycles. The van der Waals surface area contributed by atoms with Crippen LogP contribution in [0.25, 0.3) is 16.9 Å². The monoisotopic (exact) mass is 302 g/mol. The number of fused-ring (bicyclic) bond motifs is 1. The molecular formula is C17H14N6. The number of pyridine rings is 1. The molecule has 0 spiro atoms. The summed E-state index contributed by atoms with van der Waals surface area (Å²) in [5.41, 5.74) is 4.14. The van der Waals surface area contributed by atoms with Gasteiger partial charge in [0.25, 0.3) is 0 Å². The van der Waals surface area contributed by atoms with Crippen LogP contribution in [0.4, 0.5) is 5.82 Å². The van der Waals surface area contributed by atoms with E-state index in [-0.39, 0.29) is 0 Å². The minimum Gasteiger partial charge on any atom is -0.365 e. The van der Waals surface area contributed by atoms with Crippen molar-refractivity contribution in [1.82, 2.24) is 24.8 Å². The molecule has 6 heteroatoms. The van der Waals surface area contributed by atoms with Crippen LogP contribution in [0.15, 0.2) is 67.1 Å². The van der Waals surface area contributed by atoms with E-state index in [0.29, 0.717) is 6.54 Å². The Morgan fingerprint density at radius 3 is 2.70 bits per heavy atom. The zero-order valence-electron chi connectivity index (χ0n) is 12.3. The first-order chi connectivity index (χ1) is 11.4. The second-order valence-electron chi connectivity index (χ2n) is 5.10. The SMILES string of the molecule is c1cnnc(NCc2ccc(-c3cccc4ncnn34)cc2)c1. The summed E-state index contributed by atoms with van der Waals surface area (Å²) in [5.74, 6) is 0.768. The Morgan fingerprint density at radius 1 is 0.957 bits per heavy atom. The van der Waals surface area contributed by atoms with Gasteiger partial charge in [-0.1, -0.05) is 30.3 Å². The second-order valence-corrected chi connectivity index (χ2v) is 5.10. The average Bonchev–Trinajstić information content (AvgIpc) is 3.10. The van der Waals surface area contributed by atoms with Crippen molar-refractivity contribution >= 4 is 11.5 Å². The van der Waals surface area contributed by atoms with Crippen molar-refractivity contribution in [3.63, 3.8) is 0 Å². The van der Waals surface area contributed by atoms with E-state index >= 15 is 0 Å². The fraction of sp³-hybridized carbons (Fsp3) is 0.0588. The standard InChI is InChI=1S/C17H14N6/c1-3-15(23-17(5-1)19-12-21-23)14-8-6-13(7-9-14)11-18-16-4-2-10-20-22-16/h1-10,12H,11H2,(H,18,22). The molecule has 0 aliphatic heterocycles. The normalized spacial score (nSPS) is 10.8. The number of rotatable bonds is 4. The van der Waals surface area contributed by atoms with Gasteiger partial charge in [0, 0.05) is 18.3 Å². The molecule has 112 valence electrons. The third-order valence-corrected chi connectivity index (χ3v) is 3.60. The highest BCUT2D eigenvalue weighted by Gasteiger charge is 2.04. The zero-order chi connectivity index (χ0) is 15.5. The van der Waals surface area contributed by atoms with E-state index in [1.165, 1.54) is 5.56 Å². The Bertz CT molecular complexity index is 915. The molecule has 4 rings (SSSR count). The molecule has 4 aromatic rings. The predicted molar refractivity (Wildman–Crippen MR) is 87.8 cm³/mol. The lowest BCUT2D eigenvalue weighted by Crippen LogP contribution is -2.01. The van der Waals surface area contributed by atoms with Crippen LogP contribution >= 0.6 is 0 Å². The van der Waals surface area contributed by atoms with Crippen LogP contribution in [0.1, 0.15) is 5.56 Å². The molecule has 0 radical (unpaired) electrons. The lowest BCUT2D eigenvalue weighted by atomic mass is 10.1. The van der Waals surface area contributed by atoms with Crippen molar-refractivity contribution < 1.29 is 0 Å². The van der Waals surface area contributed by atoms with Crippen LogP contribution in [0, 0.1) is 0 Å². The first-order valence-corrected chi connectivity index (χ1v) is 7.30. The summed E-state index contributed by atoms with van der Waals surface area (Å²) < 4.78 is 1.84. The fourth-order valence-electron chi connectivity index (χ4n) is 2.45. The molecule has 0 unspecified atom stereocenters. The van der Waals surface area contributed by atoms with Crippen LogP contribution in [0.5, 0.6) is 0 Å². The van der Waals surface area contributed by atoms with Crippen LogP contribution in [0.2, 0.25) is 0 Å². The molecule has 1 N–H and O–H groups in total. The number of anilines is 1. The minimum atomic E-state index is 0.701. The molecule has 0 atom stereocenters. The maximum atomic E-state index is 4.27. The molecule has 0 saturated carbocycles. The summed E-state index contributed by atoms with van der Waals surface area (Å²) in [6, 6.07) is 18.1. The van der Waals surface area contributed by atoms with E-state index in [0.717, 1.165) is 22.7 Å². The molecule has 0 aliphatic carbocycles. The summed E-state index contributed by atoms with van der Waals surface area (Å²) in [5, 5.41) is 15.4. The highest BCUT2D eigenvalue weighted by Crippen LogP contribution is 2.20. The van der Waals surface area contributed by atoms with Crippen molar-refractivity contribution in [3.8, 4) is 11.3 Å². The Balaban J connectivity index is 1.55. The molecule has 0 aliphatic rings. The van der Waals surface area contributed by atoms with E-state index in [4.69, 9.17) is 0 Å². The molecule has 3 heterocycles. The van der Waals surface area contributed by atoms with Gasteiger partial charge < -0.3 is 5.32 Å². The van der Waals surface area contributed by atoms with Crippen molar-refractivity contribution in [2.45, 2.75) is 6.54 Å². The molecule has 3 aromatic heterocycles. The lowest BCUT2D eigenvalue weighted by molar-refractivity contribution is 0.969. The van der Waals surface area contributed by atoms with Crippen LogP contribution in [-0.4, -0.2) is 24.8 Å². The second kappa shape index (κ2) is 5.84. The highest BCUT2D eigenvalue weighted by atomic mass is 15.3. The number of hydrogen-bond acceptors (Lipinski definition) is 5. The third kappa shape index (κ3) is 2.74. The molecule has 0 bridgehead atoms. The number of aromatic nitrogens is 5. The predicted octanol–water partition coefficient (Wildman–Crippen LogP) is 2.80. The Morgan fingerprint density at radius 2 is 1.87 bits per heavy atom. The molecule has 0 fully saturated rings. The Hall–Kier alpha value is -3.28. The Kier molecular flexibility index (Phi) is 3.40. The summed E-state index contributed by atoms with van der Waals surface area (Å²) in [6.45, 7) is 0.701. The maximum absolute atomic E-state index is 4.27. The first-order valence-electron chi connectivity index (χ1n) is 7.30. The maximum Gasteiger partial charge on any atom is 0.155 e. The summed E-state index contributed by atoms with van der Waals surface area (Å²) >= 11 is 0. The van der Waals surface area contributed by atoms with Crippen LogP contribution in [-0.2, 0) is 6.54 Å². The number of hydrogen-bond donors (Lipinski definition) is 1. The van der Waals surface area contributed by atoms with Gasteiger partial charge in [0.1, 0.15) is 12.1 Å². The van der Waals surface area contributed by atoms with Gasteiger partial charge in [0.05, 0.1) is 5.69 Å². The topological polar surface area (TPSA) is 68.0 Å². The van der Waals surface area contributed by atoms with E-state index in [2.05, 4.69) is 49.9 Å². The van der Waals surface area contributed by atoms with Crippen LogP contribution < -0.4 is 5.32 Å². The summed E-state index contributed by atoms with van der Waals surface area (Å²) in [7, 11) is 0. The van der Waals surface area contributed by atoms with E-state index in [1.807, 2.05) is 34.8 Å². The quantitative estimate of drug-likeness (QED) is 0.628. The average molecular weight is 302 g/mol. The van der Waals surface area contributed by atoms with E-state index in [9.17, 15) is 0 Å². The van der Waals surface area contributed by atoms with Gasteiger partial charge in [0.2, 0.25) is 0 Å². The number of benzene rings is 1. The summed E-state index contributed by atoms with van der Waals surface area (Å²) in [6.07, 6.45) is 3.22. The third-order valence-electron chi connectivity index (χ3n) is 3.60. The zero-order valence-corrected chi connectivity index (χ0v) is 12.3. The van der Waals surface area contributed by atoms with Gasteiger partial charge in [-0.15, -0.1) is 5.10 Å². The Labute approximate surface area is 132 Å². The van der Waals surface area contributed by atoms with Crippen molar-refractivity contribution in [2.75, 3.05) is 5.32 Å². The lowest BCUT2D eigenvalue weighted by Gasteiger charge is -2.07. The molecule has 0 amide bonds. The smallest absolute Gasteiger partial charge is 0.155 e. The van der Waals surface area contributed by atoms with Crippen molar-refractivity contribution in [1.29, 1.82) is 0 Å². The molecule has 1 aromatic carbocycles. The first kappa shape index (κ1) is 13.4. The van der Waals surface area contributed by atoms with Gasteiger partial charge in [-0.05, 0) is 29.8 Å². The van der Waals surface area contributed by atoms with Gasteiger partial charge in [-0.2, -0.15) is 10.2 Å². The van der Waals surface area contributed by atoms with Crippen molar-refractivity contribution in [3.05, 3.63) is 72.7 Å². The van der Waals surface area contributed by atoms with Gasteiger partial charge >= 0.3 is 0 Å². The molecule has 23 heavy (non-hydrogen) atoms. The largest absolute Gasteiger partial charge is 0.365 e. The highest BCUT2D eigenvalue weighted by molar-refractivity contribution is 5.63. The molecule has 6 nitrogen and oxygen atoms in total. The minimum absolute atomic E-state index is 0.701. The molecular weight excluding hydrogens is 288 g/mol. The number of nitrogens with one attached hydrogen (secondary N) is 1.